The van der Waals surface area contributed by atoms with E-state index in [1.165, 1.54) is 0 Å². The third-order valence-electron chi connectivity index (χ3n) is 2.64. The van der Waals surface area contributed by atoms with E-state index in [1.54, 1.807) is 24.4 Å². The van der Waals surface area contributed by atoms with Gasteiger partial charge in [-0.05, 0) is 30.7 Å². The number of amides is 1. The number of carbonyl (C=O) groups excluding carboxylic acids is 1. The van der Waals surface area contributed by atoms with Gasteiger partial charge in [-0.1, -0.05) is 12.1 Å². The van der Waals surface area contributed by atoms with Gasteiger partial charge in [-0.2, -0.15) is 0 Å². The molecule has 0 fully saturated rings. The van der Waals surface area contributed by atoms with Crippen molar-refractivity contribution >= 4 is 11.6 Å². The molecule has 1 aromatic carbocycles. The quantitative estimate of drug-likeness (QED) is 0.836. The Hall–Kier alpha value is -2.30. The predicted octanol–water partition coefficient (Wildman–Crippen LogP) is 2.43. The van der Waals surface area contributed by atoms with Crippen LogP contribution in [0.3, 0.4) is 0 Å². The fraction of sp³-hybridized carbons (Fsp3) is 0.286. The molecule has 2 N–H and O–H groups in total. The zero-order valence-corrected chi connectivity index (χ0v) is 10.8. The Morgan fingerprint density at radius 3 is 2.68 bits per heavy atom. The first-order valence-electron chi connectivity index (χ1n) is 6.31. The highest BCUT2D eigenvalue weighted by atomic mass is 16.5. The summed E-state index contributed by atoms with van der Waals surface area (Å²) in [6, 6.07) is 9.12. The molecule has 5 nitrogen and oxygen atoms in total. The van der Waals surface area contributed by atoms with E-state index in [-0.39, 0.29) is 5.91 Å². The Labute approximate surface area is 112 Å². The summed E-state index contributed by atoms with van der Waals surface area (Å²) in [5, 5.41) is 9.61. The van der Waals surface area contributed by atoms with E-state index in [0.29, 0.717) is 17.9 Å². The van der Waals surface area contributed by atoms with Crippen LogP contribution in [0.15, 0.2) is 41.1 Å². The van der Waals surface area contributed by atoms with Crippen LogP contribution in [0, 0.1) is 0 Å². The lowest BCUT2D eigenvalue weighted by molar-refractivity contribution is 0.0947. The lowest BCUT2D eigenvalue weighted by Gasteiger charge is -2.06. The maximum atomic E-state index is 11.9. The van der Waals surface area contributed by atoms with Gasteiger partial charge in [0.2, 0.25) is 0 Å². The minimum atomic E-state index is -0.126. The Morgan fingerprint density at radius 1 is 1.26 bits per heavy atom. The lowest BCUT2D eigenvalue weighted by Crippen LogP contribution is -2.22. The maximum absolute atomic E-state index is 11.9. The maximum Gasteiger partial charge on any atom is 0.251 e. The van der Waals surface area contributed by atoms with Crippen molar-refractivity contribution in [3.05, 3.63) is 47.9 Å². The highest BCUT2D eigenvalue weighted by molar-refractivity contribution is 5.94. The first kappa shape index (κ1) is 13.1. The molecular weight excluding hydrogens is 242 g/mol. The second-order valence-corrected chi connectivity index (χ2v) is 4.17. The summed E-state index contributed by atoms with van der Waals surface area (Å²) in [6.07, 6.45) is 2.62. The Morgan fingerprint density at radius 2 is 2.05 bits per heavy atom. The number of rotatable bonds is 6. The molecule has 0 saturated heterocycles. The summed E-state index contributed by atoms with van der Waals surface area (Å²) in [6.45, 7) is 3.38. The van der Waals surface area contributed by atoms with Crippen LogP contribution in [0.2, 0.25) is 0 Å². The molecule has 0 aliphatic heterocycles. The van der Waals surface area contributed by atoms with E-state index in [2.05, 4.69) is 22.7 Å². The van der Waals surface area contributed by atoms with Gasteiger partial charge in [0, 0.05) is 23.9 Å². The fourth-order valence-electron chi connectivity index (χ4n) is 1.61. The zero-order valence-electron chi connectivity index (χ0n) is 10.8. The summed E-state index contributed by atoms with van der Waals surface area (Å²) in [4.78, 5) is 11.9. The van der Waals surface area contributed by atoms with E-state index < -0.39 is 0 Å². The number of aromatic nitrogens is 1. The lowest BCUT2D eigenvalue weighted by atomic mass is 10.2. The number of benzene rings is 1. The molecule has 1 aromatic heterocycles. The van der Waals surface area contributed by atoms with Crippen LogP contribution < -0.4 is 10.6 Å². The van der Waals surface area contributed by atoms with Crippen LogP contribution in [0.25, 0.3) is 0 Å². The van der Waals surface area contributed by atoms with Gasteiger partial charge in [-0.15, -0.1) is 0 Å². The van der Waals surface area contributed by atoms with Crippen molar-refractivity contribution in [2.75, 3.05) is 11.9 Å². The van der Waals surface area contributed by atoms with Crippen LogP contribution >= 0.6 is 0 Å². The van der Waals surface area contributed by atoms with Crippen LogP contribution in [0.4, 0.5) is 5.69 Å². The number of carbonyl (C=O) groups is 1. The van der Waals surface area contributed by atoms with Gasteiger partial charge >= 0.3 is 0 Å². The van der Waals surface area contributed by atoms with E-state index in [0.717, 1.165) is 18.7 Å². The largest absolute Gasteiger partial charge is 0.385 e. The summed E-state index contributed by atoms with van der Waals surface area (Å²) in [5.41, 5.74) is 1.65. The number of nitrogens with one attached hydrogen (secondary N) is 2. The molecule has 5 heteroatoms. The molecule has 0 saturated carbocycles. The first-order valence-corrected chi connectivity index (χ1v) is 6.31. The Balaban J connectivity index is 1.88. The molecule has 0 aliphatic rings. The normalized spacial score (nSPS) is 10.2. The zero-order chi connectivity index (χ0) is 13.5. The molecule has 0 radical (unpaired) electrons. The highest BCUT2D eigenvalue weighted by Gasteiger charge is 2.06. The van der Waals surface area contributed by atoms with Crippen LogP contribution in [-0.4, -0.2) is 17.6 Å². The van der Waals surface area contributed by atoms with E-state index in [9.17, 15) is 4.79 Å². The van der Waals surface area contributed by atoms with Crippen molar-refractivity contribution in [3.8, 4) is 0 Å². The van der Waals surface area contributed by atoms with Gasteiger partial charge in [-0.3, -0.25) is 4.79 Å². The summed E-state index contributed by atoms with van der Waals surface area (Å²) >= 11 is 0. The molecule has 0 bridgehead atoms. The monoisotopic (exact) mass is 259 g/mol. The average Bonchev–Trinajstić information content (AvgIpc) is 2.96. The van der Waals surface area contributed by atoms with Gasteiger partial charge in [0.05, 0.1) is 12.7 Å². The molecule has 1 amide bonds. The molecule has 0 aliphatic carbocycles. The van der Waals surface area contributed by atoms with E-state index in [1.807, 2.05) is 12.1 Å². The third-order valence-corrected chi connectivity index (χ3v) is 2.64. The average molecular weight is 259 g/mol. The Bertz CT molecular complexity index is 506. The Kier molecular flexibility index (Phi) is 4.55. The molecular formula is C14H17N3O2. The van der Waals surface area contributed by atoms with Crippen molar-refractivity contribution in [3.63, 3.8) is 0 Å². The minimum absolute atomic E-state index is 0.126. The third kappa shape index (κ3) is 3.84. The standard InChI is InChI=1S/C14H17N3O2/c1-2-8-15-12-5-3-11(4-6-12)14(18)16-10-13-7-9-17-19-13/h3-7,9,15H,2,8,10H2,1H3,(H,16,18). The smallest absolute Gasteiger partial charge is 0.251 e. The minimum Gasteiger partial charge on any atom is -0.385 e. The molecule has 19 heavy (non-hydrogen) atoms. The predicted molar refractivity (Wildman–Crippen MR) is 72.9 cm³/mol. The van der Waals surface area contributed by atoms with Crippen LogP contribution in [0.5, 0.6) is 0 Å². The number of nitrogens with zero attached hydrogens (tertiary/aromatic N) is 1. The van der Waals surface area contributed by atoms with Crippen molar-refractivity contribution in [2.24, 2.45) is 0 Å². The molecule has 0 unspecified atom stereocenters. The molecule has 2 aromatic rings. The van der Waals surface area contributed by atoms with Crippen LogP contribution in [0.1, 0.15) is 29.5 Å². The van der Waals surface area contributed by atoms with Crippen molar-refractivity contribution in [2.45, 2.75) is 19.9 Å². The summed E-state index contributed by atoms with van der Waals surface area (Å²) in [7, 11) is 0. The van der Waals surface area contributed by atoms with Gasteiger partial charge < -0.3 is 15.2 Å². The topological polar surface area (TPSA) is 67.2 Å². The van der Waals surface area contributed by atoms with Gasteiger partial charge in [-0.25, -0.2) is 0 Å². The summed E-state index contributed by atoms with van der Waals surface area (Å²) in [5.74, 6) is 0.507. The van der Waals surface area contributed by atoms with Crippen molar-refractivity contribution < 1.29 is 9.32 Å². The second kappa shape index (κ2) is 6.58. The first-order chi connectivity index (χ1) is 9.29. The number of hydrogen-bond donors (Lipinski definition) is 2. The van der Waals surface area contributed by atoms with E-state index >= 15 is 0 Å². The molecule has 0 spiro atoms. The van der Waals surface area contributed by atoms with Crippen LogP contribution in [-0.2, 0) is 6.54 Å². The SMILES string of the molecule is CCCNc1ccc(C(=O)NCc2ccno2)cc1. The molecule has 0 atom stereocenters. The van der Waals surface area contributed by atoms with E-state index in [4.69, 9.17) is 4.52 Å². The number of hydrogen-bond acceptors (Lipinski definition) is 4. The van der Waals surface area contributed by atoms with Crippen molar-refractivity contribution in [1.29, 1.82) is 0 Å². The molecule has 1 heterocycles. The molecule has 2 rings (SSSR count). The highest BCUT2D eigenvalue weighted by Crippen LogP contribution is 2.09. The second-order valence-electron chi connectivity index (χ2n) is 4.17. The van der Waals surface area contributed by atoms with Gasteiger partial charge in [0.15, 0.2) is 5.76 Å². The summed E-state index contributed by atoms with van der Waals surface area (Å²) < 4.78 is 4.91. The van der Waals surface area contributed by atoms with Gasteiger partial charge in [0.1, 0.15) is 0 Å². The molecule has 100 valence electrons. The van der Waals surface area contributed by atoms with Gasteiger partial charge in [0.25, 0.3) is 5.91 Å². The fourth-order valence-corrected chi connectivity index (χ4v) is 1.61. The number of anilines is 1. The van der Waals surface area contributed by atoms with Crippen molar-refractivity contribution in [1.82, 2.24) is 10.5 Å².